The number of nitrogens with one attached hydrogen (secondary N) is 1. The van der Waals surface area contributed by atoms with Crippen LogP contribution in [0.5, 0.6) is 0 Å². The molecule has 0 aliphatic heterocycles. The van der Waals surface area contributed by atoms with E-state index in [2.05, 4.69) is 5.32 Å². The molecule has 106 valence electrons. The van der Waals surface area contributed by atoms with Crippen molar-refractivity contribution in [2.75, 3.05) is 11.1 Å². The number of anilines is 2. The van der Waals surface area contributed by atoms with Gasteiger partial charge in [0.05, 0.1) is 0 Å². The molecule has 4 nitrogen and oxygen atoms in total. The van der Waals surface area contributed by atoms with E-state index in [4.69, 9.17) is 5.73 Å². The molecule has 1 aromatic heterocycles. The predicted octanol–water partition coefficient (Wildman–Crippen LogP) is 3.00. The van der Waals surface area contributed by atoms with Gasteiger partial charge in [0.25, 0.3) is 0 Å². The molecular weight excluding hydrogens is 269 g/mol. The molecule has 0 radical (unpaired) electrons. The van der Waals surface area contributed by atoms with E-state index in [1.807, 2.05) is 0 Å². The Labute approximate surface area is 121 Å². The van der Waals surface area contributed by atoms with E-state index < -0.39 is 0 Å². The number of carbonyl (C=O) groups is 1. The van der Waals surface area contributed by atoms with Crippen molar-refractivity contribution < 1.29 is 9.18 Å². The fourth-order valence-corrected chi connectivity index (χ4v) is 2.23. The van der Waals surface area contributed by atoms with Crippen molar-refractivity contribution in [2.45, 2.75) is 6.54 Å². The number of hydrogen-bond donors (Lipinski definition) is 2. The summed E-state index contributed by atoms with van der Waals surface area (Å²) in [5.74, 6) is -0.437. The molecule has 0 fully saturated rings. The second kappa shape index (κ2) is 5.28. The number of nitrogen functional groups attached to an aromatic ring is 1. The molecule has 0 bridgehead atoms. The predicted molar refractivity (Wildman–Crippen MR) is 81.4 cm³/mol. The van der Waals surface area contributed by atoms with Crippen molar-refractivity contribution in [3.05, 3.63) is 60.5 Å². The SMILES string of the molecule is Nc1ccc(NC(=O)Cn2ccc3cc(F)ccc32)cc1. The van der Waals surface area contributed by atoms with Crippen LogP contribution in [-0.4, -0.2) is 10.5 Å². The highest BCUT2D eigenvalue weighted by Gasteiger charge is 2.07. The molecule has 3 aromatic rings. The monoisotopic (exact) mass is 283 g/mol. The highest BCUT2D eigenvalue weighted by atomic mass is 19.1. The maximum atomic E-state index is 13.1. The Morgan fingerprint density at radius 1 is 1.14 bits per heavy atom. The molecule has 0 saturated heterocycles. The molecule has 0 spiro atoms. The van der Waals surface area contributed by atoms with Crippen LogP contribution in [0.4, 0.5) is 15.8 Å². The third-order valence-corrected chi connectivity index (χ3v) is 3.24. The lowest BCUT2D eigenvalue weighted by Crippen LogP contribution is -2.18. The van der Waals surface area contributed by atoms with Gasteiger partial charge in [-0.2, -0.15) is 0 Å². The van der Waals surface area contributed by atoms with Gasteiger partial charge in [0.2, 0.25) is 5.91 Å². The first-order valence-electron chi connectivity index (χ1n) is 6.51. The molecule has 0 saturated carbocycles. The van der Waals surface area contributed by atoms with Gasteiger partial charge >= 0.3 is 0 Å². The molecule has 21 heavy (non-hydrogen) atoms. The minimum Gasteiger partial charge on any atom is -0.399 e. The Kier molecular flexibility index (Phi) is 3.31. The standard InChI is InChI=1S/C16H14FN3O/c17-12-1-6-15-11(9-12)7-8-20(15)10-16(21)19-14-4-2-13(18)3-5-14/h1-9H,10,18H2,(H,19,21). The van der Waals surface area contributed by atoms with Crippen molar-refractivity contribution >= 4 is 28.2 Å². The lowest BCUT2D eigenvalue weighted by atomic mass is 10.2. The van der Waals surface area contributed by atoms with Crippen LogP contribution >= 0.6 is 0 Å². The summed E-state index contributed by atoms with van der Waals surface area (Å²) >= 11 is 0. The van der Waals surface area contributed by atoms with Gasteiger partial charge in [-0.15, -0.1) is 0 Å². The summed E-state index contributed by atoms with van der Waals surface area (Å²) in [6.07, 6.45) is 1.77. The highest BCUT2D eigenvalue weighted by Crippen LogP contribution is 2.17. The maximum Gasteiger partial charge on any atom is 0.244 e. The number of amides is 1. The molecule has 1 heterocycles. The zero-order valence-corrected chi connectivity index (χ0v) is 11.2. The Balaban J connectivity index is 1.75. The van der Waals surface area contributed by atoms with Gasteiger partial charge in [-0.25, -0.2) is 4.39 Å². The van der Waals surface area contributed by atoms with E-state index >= 15 is 0 Å². The van der Waals surface area contributed by atoms with E-state index in [0.717, 1.165) is 10.9 Å². The van der Waals surface area contributed by atoms with Gasteiger partial charge in [-0.3, -0.25) is 4.79 Å². The summed E-state index contributed by atoms with van der Waals surface area (Å²) < 4.78 is 14.9. The molecule has 0 atom stereocenters. The van der Waals surface area contributed by atoms with Crippen LogP contribution in [0, 0.1) is 5.82 Å². The third kappa shape index (κ3) is 2.86. The van der Waals surface area contributed by atoms with Crippen LogP contribution in [0.2, 0.25) is 0 Å². The van der Waals surface area contributed by atoms with Crippen molar-refractivity contribution in [1.29, 1.82) is 0 Å². The molecule has 5 heteroatoms. The highest BCUT2D eigenvalue weighted by molar-refractivity contribution is 5.92. The average Bonchev–Trinajstić information content (AvgIpc) is 2.83. The van der Waals surface area contributed by atoms with Crippen LogP contribution in [0.1, 0.15) is 0 Å². The van der Waals surface area contributed by atoms with E-state index in [1.165, 1.54) is 12.1 Å². The van der Waals surface area contributed by atoms with Crippen molar-refractivity contribution in [1.82, 2.24) is 4.57 Å². The molecule has 0 unspecified atom stereocenters. The molecule has 2 aromatic carbocycles. The number of rotatable bonds is 3. The fourth-order valence-electron chi connectivity index (χ4n) is 2.23. The van der Waals surface area contributed by atoms with Gasteiger partial charge in [-0.1, -0.05) is 0 Å². The quantitative estimate of drug-likeness (QED) is 0.726. The van der Waals surface area contributed by atoms with Crippen molar-refractivity contribution in [3.63, 3.8) is 0 Å². The largest absolute Gasteiger partial charge is 0.399 e. The minimum atomic E-state index is -0.286. The first-order chi connectivity index (χ1) is 10.1. The zero-order valence-electron chi connectivity index (χ0n) is 11.2. The average molecular weight is 283 g/mol. The smallest absolute Gasteiger partial charge is 0.244 e. The lowest BCUT2D eigenvalue weighted by Gasteiger charge is -2.07. The lowest BCUT2D eigenvalue weighted by molar-refractivity contribution is -0.116. The van der Waals surface area contributed by atoms with Crippen LogP contribution in [-0.2, 0) is 11.3 Å². The Morgan fingerprint density at radius 2 is 1.90 bits per heavy atom. The van der Waals surface area contributed by atoms with E-state index in [9.17, 15) is 9.18 Å². The van der Waals surface area contributed by atoms with E-state index in [0.29, 0.717) is 11.4 Å². The summed E-state index contributed by atoms with van der Waals surface area (Å²) in [5.41, 5.74) is 7.75. The van der Waals surface area contributed by atoms with Gasteiger partial charge < -0.3 is 15.6 Å². The van der Waals surface area contributed by atoms with Gasteiger partial charge in [0.1, 0.15) is 12.4 Å². The molecule has 3 rings (SSSR count). The van der Waals surface area contributed by atoms with Gasteiger partial charge in [-0.05, 0) is 48.5 Å². The Morgan fingerprint density at radius 3 is 2.67 bits per heavy atom. The van der Waals surface area contributed by atoms with Gasteiger partial charge in [0, 0.05) is 28.5 Å². The van der Waals surface area contributed by atoms with E-state index in [1.54, 1.807) is 47.2 Å². The first-order valence-corrected chi connectivity index (χ1v) is 6.51. The number of nitrogens with two attached hydrogens (primary N) is 1. The van der Waals surface area contributed by atoms with Crippen LogP contribution in [0.25, 0.3) is 10.9 Å². The molecular formula is C16H14FN3O. The third-order valence-electron chi connectivity index (χ3n) is 3.24. The minimum absolute atomic E-state index is 0.151. The molecule has 1 amide bonds. The number of aromatic nitrogens is 1. The van der Waals surface area contributed by atoms with Crippen LogP contribution in [0.15, 0.2) is 54.7 Å². The number of nitrogens with zero attached hydrogens (tertiary/aromatic N) is 1. The first kappa shape index (κ1) is 13.2. The van der Waals surface area contributed by atoms with Gasteiger partial charge in [0.15, 0.2) is 0 Å². The summed E-state index contributed by atoms with van der Waals surface area (Å²) in [6.45, 7) is 0.166. The number of hydrogen-bond acceptors (Lipinski definition) is 2. The summed E-state index contributed by atoms with van der Waals surface area (Å²) in [7, 11) is 0. The second-order valence-corrected chi connectivity index (χ2v) is 4.82. The van der Waals surface area contributed by atoms with Crippen LogP contribution < -0.4 is 11.1 Å². The van der Waals surface area contributed by atoms with Crippen LogP contribution in [0.3, 0.4) is 0 Å². The zero-order chi connectivity index (χ0) is 14.8. The Hall–Kier alpha value is -2.82. The maximum absolute atomic E-state index is 13.1. The summed E-state index contributed by atoms with van der Waals surface area (Å²) in [6, 6.07) is 13.2. The number of carbonyl (C=O) groups excluding carboxylic acids is 1. The molecule has 0 aliphatic rings. The Bertz CT molecular complexity index is 793. The van der Waals surface area contributed by atoms with Crippen molar-refractivity contribution in [3.8, 4) is 0 Å². The van der Waals surface area contributed by atoms with E-state index in [-0.39, 0.29) is 18.3 Å². The second-order valence-electron chi connectivity index (χ2n) is 4.82. The number of benzene rings is 2. The fraction of sp³-hybridized carbons (Fsp3) is 0.0625. The number of halogens is 1. The van der Waals surface area contributed by atoms with Crippen molar-refractivity contribution in [2.24, 2.45) is 0 Å². The molecule has 3 N–H and O–H groups in total. The normalized spacial score (nSPS) is 10.7. The number of fused-ring (bicyclic) bond motifs is 1. The molecule has 0 aliphatic carbocycles. The summed E-state index contributed by atoms with van der Waals surface area (Å²) in [4.78, 5) is 12.0. The topological polar surface area (TPSA) is 60.0 Å². The summed E-state index contributed by atoms with van der Waals surface area (Å²) in [5, 5.41) is 3.57.